The van der Waals surface area contributed by atoms with E-state index in [1.54, 1.807) is 0 Å². The van der Waals surface area contributed by atoms with Gasteiger partial charge in [-0.05, 0) is 6.16 Å². The summed E-state index contributed by atoms with van der Waals surface area (Å²) in [6.45, 7) is 0. The molecule has 0 saturated carbocycles. The van der Waals surface area contributed by atoms with Gasteiger partial charge in [0.1, 0.15) is 0 Å². The van der Waals surface area contributed by atoms with E-state index in [0.29, 0.717) is 0 Å². The fourth-order valence-corrected chi connectivity index (χ4v) is 0. The molecule has 0 aromatic rings. The molecular weight excluding hydrogens is 155 g/mol. The van der Waals surface area contributed by atoms with Crippen molar-refractivity contribution in [2.75, 3.05) is 0 Å². The summed E-state index contributed by atoms with van der Waals surface area (Å²) in [6, 6.07) is 0. The molecule has 31 valence electrons. The summed E-state index contributed by atoms with van der Waals surface area (Å²) in [5.41, 5.74) is 0. The monoisotopic (exact) mass is 155 g/mol. The van der Waals surface area contributed by atoms with E-state index in [4.69, 9.17) is 15.0 Å². The number of rotatable bonds is 0. The summed E-state index contributed by atoms with van der Waals surface area (Å²) >= 11 is 0. The average molecular weight is 155 g/mol. The first kappa shape index (κ1) is 15.7. The van der Waals surface area contributed by atoms with Crippen LogP contribution in [0.1, 0.15) is 0 Å². The summed E-state index contributed by atoms with van der Waals surface area (Å²) in [7, 11) is 0. The normalized spacial score (nSPS) is 4.00. The van der Waals surface area contributed by atoms with Crippen molar-refractivity contribution >= 4 is 43.9 Å². The molecule has 0 aliphatic rings. The number of hydrogen-bond donors (Lipinski definition) is 0. The van der Waals surface area contributed by atoms with Gasteiger partial charge in [-0.3, -0.25) is 0 Å². The Balaban J connectivity index is -0.0000000450. The summed E-state index contributed by atoms with van der Waals surface area (Å²) < 4.78 is 0. The van der Waals surface area contributed by atoms with Crippen molar-refractivity contribution in [1.29, 1.82) is 0 Å². The largest absolute Gasteiger partial charge is 2.00 e. The van der Waals surface area contributed by atoms with Crippen molar-refractivity contribution in [2.45, 2.75) is 0 Å². The number of carboxylic acid groups (broad SMARTS) is 2. The number of carbonyl (C=O) groups excluding carboxylic acids is 1. The van der Waals surface area contributed by atoms with Crippen LogP contribution in [-0.4, -0.2) is 43.9 Å². The molecule has 6 heavy (non-hydrogen) atoms. The van der Waals surface area contributed by atoms with Crippen LogP contribution in [0.15, 0.2) is 0 Å². The van der Waals surface area contributed by atoms with Crippen molar-refractivity contribution in [1.82, 2.24) is 0 Å². The molecule has 0 spiro atoms. The third kappa shape index (κ3) is 75.2. The molecule has 0 rings (SSSR count). The zero-order valence-electron chi connectivity index (χ0n) is 2.81. The van der Waals surface area contributed by atoms with E-state index in [1.807, 2.05) is 0 Å². The van der Waals surface area contributed by atoms with Crippen LogP contribution in [0, 0.1) is 0 Å². The van der Waals surface area contributed by atoms with Crippen LogP contribution in [-0.2, 0) is 17.1 Å². The van der Waals surface area contributed by atoms with Crippen LogP contribution < -0.4 is 10.2 Å². The van der Waals surface area contributed by atoms with Crippen molar-refractivity contribution in [3.8, 4) is 0 Å². The Morgan fingerprint density at radius 1 is 1.33 bits per heavy atom. The second kappa shape index (κ2) is 9.41. The average Bonchev–Trinajstić information content (AvgIpc) is 0.811. The second-order valence-electron chi connectivity index (χ2n) is 0.250. The molecule has 0 amide bonds. The first-order chi connectivity index (χ1) is 1.73. The fraction of sp³-hybridized carbons (Fsp3) is 0. The van der Waals surface area contributed by atoms with Crippen molar-refractivity contribution in [3.05, 3.63) is 0 Å². The standard InChI is InChI=1S/CH2O3.Ca.Mn/c2-1(3)4;;/h(H2,2,3,4);;/q;+2;/p-2. The van der Waals surface area contributed by atoms with Gasteiger partial charge < -0.3 is 15.0 Å². The van der Waals surface area contributed by atoms with Gasteiger partial charge in [-0.2, -0.15) is 0 Å². The number of carbonyl (C=O) groups is 1. The van der Waals surface area contributed by atoms with Gasteiger partial charge in [0.2, 0.25) is 0 Å². The molecule has 0 aromatic carbocycles. The fourth-order valence-electron chi connectivity index (χ4n) is 0. The van der Waals surface area contributed by atoms with Gasteiger partial charge in [0.15, 0.2) is 0 Å². The minimum atomic E-state index is -2.33. The van der Waals surface area contributed by atoms with E-state index in [1.165, 1.54) is 0 Å². The molecule has 0 heterocycles. The third-order valence-electron chi connectivity index (χ3n) is 0. The van der Waals surface area contributed by atoms with E-state index in [0.717, 1.165) is 0 Å². The van der Waals surface area contributed by atoms with E-state index < -0.39 is 6.16 Å². The summed E-state index contributed by atoms with van der Waals surface area (Å²) in [4.78, 5) is 8.33. The van der Waals surface area contributed by atoms with Crippen molar-refractivity contribution < 1.29 is 32.1 Å². The van der Waals surface area contributed by atoms with Gasteiger partial charge in [-0.1, -0.05) is 0 Å². The Morgan fingerprint density at radius 2 is 1.33 bits per heavy atom. The Hall–Kier alpha value is 1.05. The Morgan fingerprint density at radius 3 is 1.33 bits per heavy atom. The molecule has 0 N–H and O–H groups in total. The van der Waals surface area contributed by atoms with Gasteiger partial charge in [0, 0.05) is 17.1 Å². The predicted molar refractivity (Wildman–Crippen MR) is 11.1 cm³/mol. The van der Waals surface area contributed by atoms with Gasteiger partial charge >= 0.3 is 37.7 Å². The summed E-state index contributed by atoms with van der Waals surface area (Å²) in [6.07, 6.45) is -2.33. The van der Waals surface area contributed by atoms with E-state index in [9.17, 15) is 0 Å². The topological polar surface area (TPSA) is 63.2 Å². The van der Waals surface area contributed by atoms with Crippen LogP contribution in [0.3, 0.4) is 0 Å². The van der Waals surface area contributed by atoms with Crippen LogP contribution in [0.2, 0.25) is 0 Å². The van der Waals surface area contributed by atoms with Crippen LogP contribution in [0.5, 0.6) is 0 Å². The smallest absolute Gasteiger partial charge is 0.652 e. The summed E-state index contributed by atoms with van der Waals surface area (Å²) in [5, 5.41) is 16.7. The van der Waals surface area contributed by atoms with Gasteiger partial charge in [0.25, 0.3) is 0 Å². The molecule has 3 nitrogen and oxygen atoms in total. The maximum atomic E-state index is 8.33. The molecule has 0 fully saturated rings. The second-order valence-corrected chi connectivity index (χ2v) is 0.250. The molecule has 0 atom stereocenters. The molecule has 0 saturated heterocycles. The maximum Gasteiger partial charge on any atom is 2.00 e. The quantitative estimate of drug-likeness (QED) is 0.354. The van der Waals surface area contributed by atoms with E-state index >= 15 is 0 Å². The maximum absolute atomic E-state index is 8.33. The molecule has 0 aliphatic heterocycles. The first-order valence-electron chi connectivity index (χ1n) is 0.612. The molecule has 0 bridgehead atoms. The van der Waals surface area contributed by atoms with Crippen molar-refractivity contribution in [2.24, 2.45) is 0 Å². The van der Waals surface area contributed by atoms with Crippen LogP contribution in [0.4, 0.5) is 4.79 Å². The molecule has 0 unspecified atom stereocenters. The molecule has 0 aliphatic carbocycles. The molecule has 0 aromatic heterocycles. The van der Waals surface area contributed by atoms with Crippen molar-refractivity contribution in [3.63, 3.8) is 0 Å². The van der Waals surface area contributed by atoms with E-state index in [2.05, 4.69) is 0 Å². The Kier molecular flexibility index (Phi) is 24.7. The van der Waals surface area contributed by atoms with Crippen LogP contribution in [0.25, 0.3) is 0 Å². The van der Waals surface area contributed by atoms with Gasteiger partial charge in [-0.15, -0.1) is 0 Å². The minimum Gasteiger partial charge on any atom is -0.652 e. The molecule has 1 radical (unpaired) electrons. The zero-order valence-corrected chi connectivity index (χ0v) is 6.20. The van der Waals surface area contributed by atoms with E-state index in [-0.39, 0.29) is 54.8 Å². The SMILES string of the molecule is O=C([O-])[O-].[Ca+2].[Mn]. The molecular formula is CCaMnO3. The minimum absolute atomic E-state index is 0. The first-order valence-corrected chi connectivity index (χ1v) is 0.612. The summed E-state index contributed by atoms with van der Waals surface area (Å²) in [5.74, 6) is 0. The zero-order chi connectivity index (χ0) is 3.58. The number of hydrogen-bond acceptors (Lipinski definition) is 3. The van der Waals surface area contributed by atoms with Crippen LogP contribution >= 0.6 is 0 Å². The Labute approximate surface area is 75.2 Å². The Bertz CT molecular complexity index is 33.8. The third-order valence-corrected chi connectivity index (χ3v) is 0. The predicted octanol–water partition coefficient (Wildman–Crippen LogP) is -2.83. The molecule has 5 heteroatoms. The van der Waals surface area contributed by atoms with Gasteiger partial charge in [-0.25, -0.2) is 0 Å². The van der Waals surface area contributed by atoms with Gasteiger partial charge in [0.05, 0.1) is 0 Å².